The molecule has 9 aromatic carbocycles. The first kappa shape index (κ1) is 39.5. The number of pyridine rings is 1. The summed E-state index contributed by atoms with van der Waals surface area (Å²) >= 11 is 0. The minimum absolute atomic E-state index is 0.581. The smallest absolute Gasteiger partial charge is 0.164 e. The second kappa shape index (κ2) is 17.1. The summed E-state index contributed by atoms with van der Waals surface area (Å²) in [6.07, 6.45) is 3.55. The second-order valence-corrected chi connectivity index (χ2v) is 16.7. The highest BCUT2D eigenvalue weighted by atomic mass is 15.0. The van der Waals surface area contributed by atoms with Crippen molar-refractivity contribution in [3.8, 4) is 95.5 Å². The highest BCUT2D eigenvalue weighted by Gasteiger charge is 2.19. The van der Waals surface area contributed by atoms with Gasteiger partial charge in [-0.05, 0) is 128 Å². The van der Waals surface area contributed by atoms with E-state index in [0.29, 0.717) is 17.5 Å². The Bertz CT molecular complexity index is 3660. The van der Waals surface area contributed by atoms with Crippen LogP contribution in [0.4, 0.5) is 0 Å². The fourth-order valence-electron chi connectivity index (χ4n) is 9.29. The summed E-state index contributed by atoms with van der Waals surface area (Å²) in [7, 11) is 0. The van der Waals surface area contributed by atoms with Gasteiger partial charge < -0.3 is 4.57 Å². The van der Waals surface area contributed by atoms with Crippen molar-refractivity contribution in [2.75, 3.05) is 0 Å². The van der Waals surface area contributed by atoms with Crippen LogP contribution in [0.3, 0.4) is 0 Å². The third-order valence-electron chi connectivity index (χ3n) is 12.5. The van der Waals surface area contributed by atoms with Crippen molar-refractivity contribution in [1.82, 2.24) is 24.5 Å². The first-order valence-electron chi connectivity index (χ1n) is 22.5. The molecule has 0 spiro atoms. The SMILES string of the molecule is c1ccc(-c2cc(-c3ccccc3)cc(-c3cccc(-c4nc(-c5ccncc5)nc(-c5cccc(-c6cccc7c6c6cc(-c8ccccc8)ccc6n7-c6ccccc6)c5)n4)c3)c2)cc1. The number of benzene rings is 9. The van der Waals surface area contributed by atoms with Gasteiger partial charge in [-0.25, -0.2) is 15.0 Å². The first-order chi connectivity index (χ1) is 33.2. The van der Waals surface area contributed by atoms with E-state index in [1.807, 2.05) is 12.1 Å². The molecule has 5 heteroatoms. The molecular weight excluding hydrogens is 815 g/mol. The number of nitrogens with zero attached hydrogens (tertiary/aromatic N) is 5. The molecule has 5 nitrogen and oxygen atoms in total. The molecule has 0 unspecified atom stereocenters. The second-order valence-electron chi connectivity index (χ2n) is 16.7. The van der Waals surface area contributed by atoms with Crippen molar-refractivity contribution in [3.05, 3.63) is 249 Å². The number of aromatic nitrogens is 5. The average molecular weight is 856 g/mol. The van der Waals surface area contributed by atoms with Gasteiger partial charge >= 0.3 is 0 Å². The fraction of sp³-hybridized carbons (Fsp3) is 0. The number of fused-ring (bicyclic) bond motifs is 3. The minimum atomic E-state index is 0.581. The normalized spacial score (nSPS) is 11.3. The molecule has 12 aromatic rings. The van der Waals surface area contributed by atoms with Gasteiger partial charge in [-0.2, -0.15) is 0 Å². The highest BCUT2D eigenvalue weighted by molar-refractivity contribution is 6.16. The van der Waals surface area contributed by atoms with Crippen molar-refractivity contribution in [3.63, 3.8) is 0 Å². The predicted octanol–water partition coefficient (Wildman–Crippen LogP) is 15.7. The van der Waals surface area contributed by atoms with E-state index in [2.05, 4.69) is 234 Å². The van der Waals surface area contributed by atoms with Gasteiger partial charge in [-0.1, -0.05) is 164 Å². The van der Waals surface area contributed by atoms with Crippen LogP contribution in [0, 0.1) is 0 Å². The molecule has 0 saturated heterocycles. The number of hydrogen-bond donors (Lipinski definition) is 0. The Hall–Kier alpha value is -9.06. The Morgan fingerprint density at radius 1 is 0.269 bits per heavy atom. The number of hydrogen-bond acceptors (Lipinski definition) is 4. The molecule has 0 saturated carbocycles. The van der Waals surface area contributed by atoms with Gasteiger partial charge in [0, 0.05) is 45.5 Å². The zero-order valence-corrected chi connectivity index (χ0v) is 36.4. The van der Waals surface area contributed by atoms with Crippen LogP contribution in [0.1, 0.15) is 0 Å². The molecule has 12 rings (SSSR count). The summed E-state index contributed by atoms with van der Waals surface area (Å²) in [6.45, 7) is 0. The number of para-hydroxylation sites is 1. The Kier molecular flexibility index (Phi) is 10.1. The summed E-state index contributed by atoms with van der Waals surface area (Å²) in [5, 5.41) is 2.38. The lowest BCUT2D eigenvalue weighted by atomic mass is 9.93. The molecule has 0 bridgehead atoms. The fourth-order valence-corrected chi connectivity index (χ4v) is 9.29. The Morgan fingerprint density at radius 3 is 1.30 bits per heavy atom. The lowest BCUT2D eigenvalue weighted by Crippen LogP contribution is -2.00. The van der Waals surface area contributed by atoms with Crippen molar-refractivity contribution < 1.29 is 0 Å². The van der Waals surface area contributed by atoms with E-state index in [1.54, 1.807) is 12.4 Å². The van der Waals surface area contributed by atoms with Crippen LogP contribution in [0.25, 0.3) is 117 Å². The van der Waals surface area contributed by atoms with Crippen molar-refractivity contribution >= 4 is 21.8 Å². The molecular formula is C62H41N5. The van der Waals surface area contributed by atoms with Gasteiger partial charge in [0.25, 0.3) is 0 Å². The van der Waals surface area contributed by atoms with E-state index in [9.17, 15) is 0 Å². The van der Waals surface area contributed by atoms with Crippen LogP contribution in [0.2, 0.25) is 0 Å². The van der Waals surface area contributed by atoms with E-state index in [0.717, 1.165) is 66.8 Å². The highest BCUT2D eigenvalue weighted by Crippen LogP contribution is 2.41. The average Bonchev–Trinajstić information content (AvgIpc) is 3.76. The van der Waals surface area contributed by atoms with Gasteiger partial charge in [-0.15, -0.1) is 0 Å². The van der Waals surface area contributed by atoms with Gasteiger partial charge in [-0.3, -0.25) is 4.98 Å². The van der Waals surface area contributed by atoms with Crippen LogP contribution in [0.5, 0.6) is 0 Å². The maximum absolute atomic E-state index is 5.26. The van der Waals surface area contributed by atoms with Crippen LogP contribution in [-0.2, 0) is 0 Å². The molecule has 0 aliphatic rings. The molecule has 0 aliphatic heterocycles. The van der Waals surface area contributed by atoms with Gasteiger partial charge in [0.1, 0.15) is 0 Å². The summed E-state index contributed by atoms with van der Waals surface area (Å²) in [5.41, 5.74) is 17.4. The van der Waals surface area contributed by atoms with E-state index >= 15 is 0 Å². The zero-order valence-electron chi connectivity index (χ0n) is 36.4. The molecule has 0 amide bonds. The van der Waals surface area contributed by atoms with Gasteiger partial charge in [0.2, 0.25) is 0 Å². The molecule has 0 aliphatic carbocycles. The standard InChI is InChI=1S/C62H41N5/c1-5-16-42(17-6-1)47-30-31-57-56(41-47)59-55(28-15-29-58(59)67(57)54-26-11-4-12-27-54)48-23-14-25-50(37-48)62-65-60(45-32-34-63-35-33-45)64-61(66-62)49-24-13-22-46(36-49)53-39-51(43-18-7-2-8-19-43)38-52(40-53)44-20-9-3-10-21-44/h1-41H. The van der Waals surface area contributed by atoms with E-state index in [-0.39, 0.29) is 0 Å². The zero-order chi connectivity index (χ0) is 44.5. The van der Waals surface area contributed by atoms with Crippen LogP contribution in [-0.4, -0.2) is 24.5 Å². The van der Waals surface area contributed by atoms with Crippen LogP contribution >= 0.6 is 0 Å². The molecule has 0 radical (unpaired) electrons. The monoisotopic (exact) mass is 855 g/mol. The molecule has 3 heterocycles. The molecule has 67 heavy (non-hydrogen) atoms. The predicted molar refractivity (Wildman–Crippen MR) is 275 cm³/mol. The largest absolute Gasteiger partial charge is 0.309 e. The Morgan fingerprint density at radius 2 is 0.701 bits per heavy atom. The molecule has 0 atom stereocenters. The summed E-state index contributed by atoms with van der Waals surface area (Å²) < 4.78 is 2.38. The van der Waals surface area contributed by atoms with E-state index in [4.69, 9.17) is 15.0 Å². The molecule has 3 aromatic heterocycles. The van der Waals surface area contributed by atoms with E-state index < -0.39 is 0 Å². The number of rotatable bonds is 9. The minimum Gasteiger partial charge on any atom is -0.309 e. The Labute approximate surface area is 389 Å². The third kappa shape index (κ3) is 7.64. The lowest BCUT2D eigenvalue weighted by Gasteiger charge is -2.13. The quantitative estimate of drug-likeness (QED) is 0.145. The maximum Gasteiger partial charge on any atom is 0.164 e. The molecule has 314 valence electrons. The summed E-state index contributed by atoms with van der Waals surface area (Å²) in [5.74, 6) is 1.76. The van der Waals surface area contributed by atoms with Crippen molar-refractivity contribution in [2.45, 2.75) is 0 Å². The van der Waals surface area contributed by atoms with Gasteiger partial charge in [0.05, 0.1) is 11.0 Å². The summed E-state index contributed by atoms with van der Waals surface area (Å²) in [4.78, 5) is 19.8. The van der Waals surface area contributed by atoms with E-state index in [1.165, 1.54) is 33.0 Å². The third-order valence-corrected chi connectivity index (χ3v) is 12.5. The van der Waals surface area contributed by atoms with Crippen molar-refractivity contribution in [2.24, 2.45) is 0 Å². The van der Waals surface area contributed by atoms with Crippen LogP contribution in [0.15, 0.2) is 249 Å². The maximum atomic E-state index is 5.26. The summed E-state index contributed by atoms with van der Waals surface area (Å²) in [6, 6.07) is 83.6. The Balaban J connectivity index is 1.00. The first-order valence-corrected chi connectivity index (χ1v) is 22.5. The van der Waals surface area contributed by atoms with Crippen LogP contribution < -0.4 is 0 Å². The molecule has 0 fully saturated rings. The van der Waals surface area contributed by atoms with Gasteiger partial charge in [0.15, 0.2) is 17.5 Å². The topological polar surface area (TPSA) is 56.5 Å². The lowest BCUT2D eigenvalue weighted by molar-refractivity contribution is 1.07. The molecule has 0 N–H and O–H groups in total. The van der Waals surface area contributed by atoms with Crippen molar-refractivity contribution in [1.29, 1.82) is 0 Å².